The fourth-order valence-electron chi connectivity index (χ4n) is 1.82. The second-order valence-corrected chi connectivity index (χ2v) is 3.94. The van der Waals surface area contributed by atoms with E-state index in [1.54, 1.807) is 0 Å². The highest BCUT2D eigenvalue weighted by Gasteiger charge is 2.02. The van der Waals surface area contributed by atoms with Crippen molar-refractivity contribution in [1.29, 1.82) is 0 Å². The SMILES string of the molecule is C=Cc1ccc2c(C)c(CCl)ccc2c1. The van der Waals surface area contributed by atoms with Gasteiger partial charge in [-0.3, -0.25) is 0 Å². The number of hydrogen-bond acceptors (Lipinski definition) is 0. The molecule has 2 aromatic carbocycles. The van der Waals surface area contributed by atoms with Gasteiger partial charge in [0.05, 0.1) is 0 Å². The first kappa shape index (κ1) is 10.3. The van der Waals surface area contributed by atoms with E-state index in [4.69, 9.17) is 11.6 Å². The van der Waals surface area contributed by atoms with Crippen LogP contribution in [0, 0.1) is 6.92 Å². The minimum atomic E-state index is 0.574. The third kappa shape index (κ3) is 1.78. The number of hydrogen-bond donors (Lipinski definition) is 0. The van der Waals surface area contributed by atoms with Crippen LogP contribution in [-0.4, -0.2) is 0 Å². The Labute approximate surface area is 95.2 Å². The van der Waals surface area contributed by atoms with Gasteiger partial charge in [-0.15, -0.1) is 11.6 Å². The molecule has 0 aromatic heterocycles. The maximum atomic E-state index is 5.87. The Balaban J connectivity index is 2.73. The molecule has 0 N–H and O–H groups in total. The van der Waals surface area contributed by atoms with Gasteiger partial charge in [-0.05, 0) is 40.5 Å². The van der Waals surface area contributed by atoms with Gasteiger partial charge in [-0.25, -0.2) is 0 Å². The number of alkyl halides is 1. The van der Waals surface area contributed by atoms with Crippen molar-refractivity contribution >= 4 is 28.4 Å². The first-order valence-electron chi connectivity index (χ1n) is 4.97. The van der Waals surface area contributed by atoms with E-state index in [2.05, 4.69) is 43.8 Å². The Bertz CT molecular complexity index is 512. The largest absolute Gasteiger partial charge is 0.122 e. The molecule has 0 atom stereocenters. The molecular weight excluding hydrogens is 204 g/mol. The molecule has 0 unspecified atom stereocenters. The molecular formula is C14H13Cl. The van der Waals surface area contributed by atoms with E-state index in [0.29, 0.717) is 5.88 Å². The van der Waals surface area contributed by atoms with E-state index in [9.17, 15) is 0 Å². The first-order chi connectivity index (χ1) is 7.26. The van der Waals surface area contributed by atoms with Gasteiger partial charge < -0.3 is 0 Å². The molecule has 0 aliphatic carbocycles. The number of aryl methyl sites for hydroxylation is 1. The zero-order valence-corrected chi connectivity index (χ0v) is 9.51. The topological polar surface area (TPSA) is 0 Å². The molecule has 2 rings (SSSR count). The van der Waals surface area contributed by atoms with E-state index in [-0.39, 0.29) is 0 Å². The molecule has 76 valence electrons. The van der Waals surface area contributed by atoms with E-state index in [1.807, 2.05) is 6.08 Å². The van der Waals surface area contributed by atoms with Crippen LogP contribution in [0.2, 0.25) is 0 Å². The molecule has 0 fully saturated rings. The van der Waals surface area contributed by atoms with Crippen LogP contribution in [0.15, 0.2) is 36.9 Å². The summed E-state index contributed by atoms with van der Waals surface area (Å²) in [5.74, 6) is 0.574. The molecule has 1 heteroatoms. The van der Waals surface area contributed by atoms with Gasteiger partial charge in [-0.1, -0.05) is 36.9 Å². The summed E-state index contributed by atoms with van der Waals surface area (Å²) in [5, 5.41) is 2.53. The average Bonchev–Trinajstić information content (AvgIpc) is 2.29. The highest BCUT2D eigenvalue weighted by Crippen LogP contribution is 2.24. The second-order valence-electron chi connectivity index (χ2n) is 3.67. The molecule has 0 saturated carbocycles. The van der Waals surface area contributed by atoms with Gasteiger partial charge >= 0.3 is 0 Å². The van der Waals surface area contributed by atoms with E-state index in [1.165, 1.54) is 21.9 Å². The lowest BCUT2D eigenvalue weighted by Crippen LogP contribution is -1.87. The Hall–Kier alpha value is -1.27. The fourth-order valence-corrected chi connectivity index (χ4v) is 2.11. The fraction of sp³-hybridized carbons (Fsp3) is 0.143. The monoisotopic (exact) mass is 216 g/mol. The Kier molecular flexibility index (Phi) is 2.79. The van der Waals surface area contributed by atoms with Crippen LogP contribution in [0.4, 0.5) is 0 Å². The minimum absolute atomic E-state index is 0.574. The zero-order valence-electron chi connectivity index (χ0n) is 8.76. The maximum Gasteiger partial charge on any atom is 0.0476 e. The van der Waals surface area contributed by atoms with Crippen LogP contribution in [0.25, 0.3) is 16.8 Å². The van der Waals surface area contributed by atoms with Gasteiger partial charge in [0.2, 0.25) is 0 Å². The second kappa shape index (κ2) is 4.08. The van der Waals surface area contributed by atoms with Crippen LogP contribution in [-0.2, 0) is 5.88 Å². The molecule has 0 radical (unpaired) electrons. The summed E-state index contributed by atoms with van der Waals surface area (Å²) < 4.78 is 0. The van der Waals surface area contributed by atoms with Crippen molar-refractivity contribution in [3.05, 3.63) is 53.6 Å². The maximum absolute atomic E-state index is 5.87. The predicted octanol–water partition coefficient (Wildman–Crippen LogP) is 4.53. The molecule has 15 heavy (non-hydrogen) atoms. The lowest BCUT2D eigenvalue weighted by molar-refractivity contribution is 1.33. The Morgan fingerprint density at radius 3 is 2.73 bits per heavy atom. The lowest BCUT2D eigenvalue weighted by Gasteiger charge is -2.07. The highest BCUT2D eigenvalue weighted by molar-refractivity contribution is 6.17. The molecule has 0 aliphatic heterocycles. The van der Waals surface area contributed by atoms with Gasteiger partial charge in [0.15, 0.2) is 0 Å². The van der Waals surface area contributed by atoms with Crippen molar-refractivity contribution in [1.82, 2.24) is 0 Å². The van der Waals surface area contributed by atoms with Crippen LogP contribution < -0.4 is 0 Å². The number of rotatable bonds is 2. The van der Waals surface area contributed by atoms with Crippen molar-refractivity contribution in [2.45, 2.75) is 12.8 Å². The molecule has 0 heterocycles. The number of benzene rings is 2. The van der Waals surface area contributed by atoms with E-state index in [0.717, 1.165) is 5.56 Å². The van der Waals surface area contributed by atoms with Crippen LogP contribution in [0.1, 0.15) is 16.7 Å². The predicted molar refractivity (Wildman–Crippen MR) is 68.3 cm³/mol. The van der Waals surface area contributed by atoms with Gasteiger partial charge in [0.25, 0.3) is 0 Å². The summed E-state index contributed by atoms with van der Waals surface area (Å²) in [7, 11) is 0. The molecule has 0 spiro atoms. The highest BCUT2D eigenvalue weighted by atomic mass is 35.5. The molecule has 0 nitrogen and oxygen atoms in total. The Morgan fingerprint density at radius 1 is 1.27 bits per heavy atom. The van der Waals surface area contributed by atoms with E-state index < -0.39 is 0 Å². The van der Waals surface area contributed by atoms with Crippen molar-refractivity contribution in [2.75, 3.05) is 0 Å². The smallest absolute Gasteiger partial charge is 0.0476 e. The molecule has 0 bridgehead atoms. The summed E-state index contributed by atoms with van der Waals surface area (Å²) in [6.45, 7) is 5.89. The van der Waals surface area contributed by atoms with Gasteiger partial charge in [0, 0.05) is 5.88 Å². The van der Waals surface area contributed by atoms with E-state index >= 15 is 0 Å². The van der Waals surface area contributed by atoms with Crippen molar-refractivity contribution < 1.29 is 0 Å². The molecule has 0 saturated heterocycles. The third-order valence-corrected chi connectivity index (χ3v) is 3.09. The molecule has 2 aromatic rings. The number of fused-ring (bicyclic) bond motifs is 1. The summed E-state index contributed by atoms with van der Waals surface area (Å²) in [5.41, 5.74) is 3.63. The quantitative estimate of drug-likeness (QED) is 0.647. The summed E-state index contributed by atoms with van der Waals surface area (Å²) in [4.78, 5) is 0. The molecule has 0 amide bonds. The van der Waals surface area contributed by atoms with Crippen LogP contribution >= 0.6 is 11.6 Å². The molecule has 0 aliphatic rings. The van der Waals surface area contributed by atoms with Crippen molar-refractivity contribution in [3.63, 3.8) is 0 Å². The average molecular weight is 217 g/mol. The van der Waals surface area contributed by atoms with Crippen molar-refractivity contribution in [2.24, 2.45) is 0 Å². The van der Waals surface area contributed by atoms with Crippen LogP contribution in [0.5, 0.6) is 0 Å². The first-order valence-corrected chi connectivity index (χ1v) is 5.50. The minimum Gasteiger partial charge on any atom is -0.122 e. The Morgan fingerprint density at radius 2 is 2.07 bits per heavy atom. The lowest BCUT2D eigenvalue weighted by atomic mass is 9.99. The summed E-state index contributed by atoms with van der Waals surface area (Å²) in [6, 6.07) is 10.6. The summed E-state index contributed by atoms with van der Waals surface area (Å²) >= 11 is 5.87. The summed E-state index contributed by atoms with van der Waals surface area (Å²) in [6.07, 6.45) is 1.87. The van der Waals surface area contributed by atoms with Crippen LogP contribution in [0.3, 0.4) is 0 Å². The normalized spacial score (nSPS) is 10.5. The third-order valence-electron chi connectivity index (χ3n) is 2.81. The standard InChI is InChI=1S/C14H13Cl/c1-3-11-4-7-14-10(2)13(9-15)6-5-12(14)8-11/h3-8H,1,9H2,2H3. The van der Waals surface area contributed by atoms with Gasteiger partial charge in [-0.2, -0.15) is 0 Å². The van der Waals surface area contributed by atoms with Crippen molar-refractivity contribution in [3.8, 4) is 0 Å². The van der Waals surface area contributed by atoms with Gasteiger partial charge in [0.1, 0.15) is 0 Å². The zero-order chi connectivity index (χ0) is 10.8. The number of halogens is 1.